The zero-order valence-electron chi connectivity index (χ0n) is 16.8. The topological polar surface area (TPSA) is 97.8 Å². The van der Waals surface area contributed by atoms with E-state index in [0.29, 0.717) is 6.04 Å². The number of aliphatic hydroxyl groups excluding tert-OH is 2. The van der Waals surface area contributed by atoms with Gasteiger partial charge in [0.05, 0.1) is 37.4 Å². The van der Waals surface area contributed by atoms with Gasteiger partial charge in [0.1, 0.15) is 0 Å². The number of rotatable bonds is 1. The Morgan fingerprint density at radius 2 is 1.03 bits per heavy atom. The van der Waals surface area contributed by atoms with Gasteiger partial charge in [0.25, 0.3) is 0 Å². The van der Waals surface area contributed by atoms with E-state index in [0.717, 1.165) is 44.8 Å². The van der Waals surface area contributed by atoms with Gasteiger partial charge in [-0.15, -0.1) is 0 Å². The van der Waals surface area contributed by atoms with E-state index >= 15 is 0 Å². The van der Waals surface area contributed by atoms with Crippen molar-refractivity contribution < 1.29 is 31.1 Å². The number of nitrogens with zero attached hydrogens (tertiary/aromatic N) is 2. The van der Waals surface area contributed by atoms with E-state index < -0.39 is 0 Å². The van der Waals surface area contributed by atoms with Gasteiger partial charge in [-0.1, -0.05) is 0 Å². The quantitative estimate of drug-likeness (QED) is 0.300. The molecule has 29 heavy (non-hydrogen) atoms. The summed E-state index contributed by atoms with van der Waals surface area (Å²) >= 11 is 0. The number of fused-ring (bicyclic) bond motifs is 8. The second-order valence-corrected chi connectivity index (χ2v) is 6.27. The third-order valence-corrected chi connectivity index (χ3v) is 4.06. The van der Waals surface area contributed by atoms with Crippen LogP contribution in [0.5, 0.6) is 0 Å². The van der Waals surface area contributed by atoms with Gasteiger partial charge in [-0.05, 0) is 72.8 Å². The fourth-order valence-corrected chi connectivity index (χ4v) is 2.87. The van der Waals surface area contributed by atoms with E-state index in [-0.39, 0.29) is 32.7 Å². The van der Waals surface area contributed by atoms with Crippen LogP contribution in [0.3, 0.4) is 0 Å². The fraction of sp³-hybridized carbons (Fsp3) is 0.0909. The number of H-pyrrole nitrogens is 2. The molecule has 3 aromatic rings. The third-order valence-electron chi connectivity index (χ3n) is 4.06. The Balaban J connectivity index is 0.000000473. The molecule has 0 amide bonds. The second kappa shape index (κ2) is 9.57. The van der Waals surface area contributed by atoms with Crippen molar-refractivity contribution in [3.05, 3.63) is 71.3 Å². The van der Waals surface area contributed by atoms with E-state index in [9.17, 15) is 0 Å². The van der Waals surface area contributed by atoms with Gasteiger partial charge in [0, 0.05) is 41.5 Å². The largest absolute Gasteiger partial charge is 0.394 e. The van der Waals surface area contributed by atoms with Crippen molar-refractivity contribution in [2.75, 3.05) is 13.2 Å². The summed E-state index contributed by atoms with van der Waals surface area (Å²) in [4.78, 5) is 15.8. The van der Waals surface area contributed by atoms with Gasteiger partial charge < -0.3 is 20.2 Å². The molecule has 5 rings (SSSR count). The average Bonchev–Trinajstić information content (AvgIpc) is 3.48. The molecule has 0 atom stereocenters. The molecule has 0 fully saturated rings. The smallest absolute Gasteiger partial charge is 0.0662 e. The monoisotopic (exact) mass is 437 g/mol. The molecule has 0 unspecified atom stereocenters. The zero-order chi connectivity index (χ0) is 20.2. The molecule has 3 aromatic heterocycles. The minimum absolute atomic E-state index is 0. The predicted octanol–water partition coefficient (Wildman–Crippen LogP) is 3.62. The zero-order valence-corrected chi connectivity index (χ0v) is 18.7. The molecule has 4 N–H and O–H groups in total. The molecule has 0 radical (unpaired) electrons. The fourth-order valence-electron chi connectivity index (χ4n) is 2.87. The first kappa shape index (κ1) is 19.5. The van der Waals surface area contributed by atoms with Crippen LogP contribution in [0.4, 0.5) is 0 Å². The molecule has 0 aromatic carbocycles. The first-order valence-electron chi connectivity index (χ1n) is 9.40. The van der Waals surface area contributed by atoms with Crippen LogP contribution < -0.4 is 0 Å². The summed E-state index contributed by atoms with van der Waals surface area (Å²) in [5.41, 5.74) is 7.04. The maximum Gasteiger partial charge on any atom is 0.0662 e. The summed E-state index contributed by atoms with van der Waals surface area (Å²) in [6, 6.07) is 14.1. The number of aromatic amines is 2. The number of hydrogen-bond acceptors (Lipinski definition) is 4. The van der Waals surface area contributed by atoms with E-state index in [1.54, 1.807) is 6.07 Å². The maximum absolute atomic E-state index is 8.14. The van der Waals surface area contributed by atoms with Crippen LogP contribution in [0.1, 0.15) is 24.1 Å². The summed E-state index contributed by atoms with van der Waals surface area (Å²) in [5, 5.41) is 15.2. The summed E-state index contributed by atoms with van der Waals surface area (Å²) in [7, 11) is 0. The van der Waals surface area contributed by atoms with Crippen molar-refractivity contribution in [1.29, 1.82) is 0 Å². The first-order valence-corrected chi connectivity index (χ1v) is 8.90. The molecular formula is C22H20N4O2Zn. The van der Waals surface area contributed by atoms with Crippen molar-refractivity contribution in [2.45, 2.75) is 0 Å². The third kappa shape index (κ3) is 5.36. The van der Waals surface area contributed by atoms with Crippen LogP contribution in [-0.2, 0) is 19.5 Å². The van der Waals surface area contributed by atoms with Gasteiger partial charge in [0.2, 0.25) is 0 Å². The van der Waals surface area contributed by atoms with Crippen molar-refractivity contribution in [3.63, 3.8) is 0 Å². The van der Waals surface area contributed by atoms with Crippen molar-refractivity contribution in [2.24, 2.45) is 0 Å². The van der Waals surface area contributed by atoms with Gasteiger partial charge >= 0.3 is 0 Å². The summed E-state index contributed by atoms with van der Waals surface area (Å²) < 4.78 is 8.14. The average molecular weight is 439 g/mol. The molecule has 8 bridgehead atoms. The SMILES string of the molecule is OCCO.[2H]c1cc2cc3nc(cc4ccc(cc5nc(cc1[nH]2)C=C5)[nH]4)C=C3.[Zn]. The second-order valence-electron chi connectivity index (χ2n) is 6.27. The Morgan fingerprint density at radius 1 is 0.655 bits per heavy atom. The Morgan fingerprint density at radius 3 is 1.48 bits per heavy atom. The minimum Gasteiger partial charge on any atom is -0.394 e. The van der Waals surface area contributed by atoms with E-state index in [2.05, 4.69) is 19.9 Å². The standard InChI is InChI=1S/C20H14N4.C2H6O2.Zn/c1-2-14-10-16-5-6-18(23-16)12-20-8-7-19(24-20)11-17-4-3-15(22-17)9-13(1)21-14;3-1-2-4;/h1-12,21,24H;3-4H,1-2H2;/i1D;;. The Kier molecular flexibility index (Phi) is 6.42. The molecule has 6 nitrogen and oxygen atoms in total. The molecule has 7 heteroatoms. The molecule has 0 saturated carbocycles. The van der Waals surface area contributed by atoms with E-state index in [4.69, 9.17) is 11.6 Å². The molecule has 2 aliphatic heterocycles. The molecule has 5 heterocycles. The number of hydrogen-bond donors (Lipinski definition) is 4. The van der Waals surface area contributed by atoms with Gasteiger partial charge in [0.15, 0.2) is 0 Å². The normalized spacial score (nSPS) is 12.0. The van der Waals surface area contributed by atoms with Crippen LogP contribution in [0.15, 0.2) is 48.5 Å². The molecule has 2 aliphatic rings. The Bertz CT molecular complexity index is 1260. The van der Waals surface area contributed by atoms with Gasteiger partial charge in [-0.2, -0.15) is 0 Å². The van der Waals surface area contributed by atoms with Crippen molar-refractivity contribution in [1.82, 2.24) is 19.9 Å². The van der Waals surface area contributed by atoms with Crippen LogP contribution in [0.25, 0.3) is 46.4 Å². The predicted molar refractivity (Wildman–Crippen MR) is 113 cm³/mol. The maximum atomic E-state index is 8.14. The first-order chi connectivity index (χ1) is 14.1. The molecule has 0 aliphatic carbocycles. The number of nitrogens with one attached hydrogen (secondary N) is 2. The van der Waals surface area contributed by atoms with Crippen molar-refractivity contribution in [3.8, 4) is 0 Å². The number of aromatic nitrogens is 4. The van der Waals surface area contributed by atoms with Crippen LogP contribution in [0, 0.1) is 0 Å². The molecule has 142 valence electrons. The van der Waals surface area contributed by atoms with Crippen LogP contribution in [0.2, 0.25) is 0 Å². The van der Waals surface area contributed by atoms with Gasteiger partial charge in [-0.25, -0.2) is 9.97 Å². The van der Waals surface area contributed by atoms with Crippen LogP contribution in [-0.4, -0.2) is 43.4 Å². The molecule has 0 spiro atoms. The Labute approximate surface area is 181 Å². The van der Waals surface area contributed by atoms with Gasteiger partial charge in [-0.3, -0.25) is 0 Å². The van der Waals surface area contributed by atoms with Crippen molar-refractivity contribution >= 4 is 46.4 Å². The summed E-state index contributed by atoms with van der Waals surface area (Å²) in [5.74, 6) is 0. The van der Waals surface area contributed by atoms with Crippen LogP contribution >= 0.6 is 0 Å². The minimum atomic E-state index is -0.125. The Hall–Kier alpha value is -2.86. The summed E-state index contributed by atoms with van der Waals surface area (Å²) in [6.07, 6.45) is 7.88. The molecular weight excluding hydrogens is 418 g/mol. The van der Waals surface area contributed by atoms with E-state index in [1.807, 2.05) is 60.7 Å². The summed E-state index contributed by atoms with van der Waals surface area (Å²) in [6.45, 7) is -0.250. The number of aliphatic hydroxyl groups is 2. The van der Waals surface area contributed by atoms with E-state index in [1.165, 1.54) is 0 Å². The molecule has 0 saturated heterocycles.